The van der Waals surface area contributed by atoms with Gasteiger partial charge in [0.2, 0.25) is 5.79 Å². The average molecular weight is 481 g/mol. The van der Waals surface area contributed by atoms with Crippen molar-refractivity contribution in [3.05, 3.63) is 23.8 Å². The summed E-state index contributed by atoms with van der Waals surface area (Å²) in [6.07, 6.45) is 1.38. The lowest BCUT2D eigenvalue weighted by Gasteiger charge is -2.51. The molecule has 34 heavy (non-hydrogen) atoms. The number of allylic oxidation sites excluding steroid dienone is 1. The minimum atomic E-state index is -2.36. The molecular weight excluding hydrogens is 440 g/mol. The zero-order chi connectivity index (χ0) is 25.6. The third kappa shape index (κ3) is 5.02. The number of aliphatic hydroxyl groups is 3. The van der Waals surface area contributed by atoms with E-state index < -0.39 is 59.0 Å². The molecule has 8 heteroatoms. The van der Waals surface area contributed by atoms with Crippen LogP contribution in [0, 0.1) is 17.3 Å². The summed E-state index contributed by atoms with van der Waals surface area (Å²) in [5.41, 5.74) is -1.19. The van der Waals surface area contributed by atoms with Gasteiger partial charge in [-0.15, -0.1) is 0 Å². The molecule has 0 spiro atoms. The van der Waals surface area contributed by atoms with Crippen molar-refractivity contribution < 1.29 is 39.1 Å². The summed E-state index contributed by atoms with van der Waals surface area (Å²) in [7, 11) is 0. The maximum atomic E-state index is 13.2. The van der Waals surface area contributed by atoms with Crippen LogP contribution in [0.5, 0.6) is 0 Å². The van der Waals surface area contributed by atoms with Crippen LogP contribution in [-0.2, 0) is 23.8 Å². The third-order valence-electron chi connectivity index (χ3n) is 7.78. The summed E-state index contributed by atoms with van der Waals surface area (Å²) in [5, 5.41) is 33.0. The van der Waals surface area contributed by atoms with Gasteiger partial charge in [-0.25, -0.2) is 4.79 Å². The fourth-order valence-electron chi connectivity index (χ4n) is 5.18. The molecule has 2 saturated heterocycles. The SMILES string of the molecule is C/C(=C\C(=O)O[C@@H]1[C@H](C)C[C@H]2O[C@]1(O)[C@@H](O)[C@]1(C)CC[C@@H](O1)C(C)(C)/C=C/[C@H](C)C2=O)C(C)O. The second-order valence-corrected chi connectivity index (χ2v) is 11.2. The molecule has 3 aliphatic rings. The van der Waals surface area contributed by atoms with E-state index >= 15 is 0 Å². The number of ether oxygens (including phenoxy) is 3. The Morgan fingerprint density at radius 3 is 2.53 bits per heavy atom. The summed E-state index contributed by atoms with van der Waals surface area (Å²) in [5.74, 6) is -4.32. The van der Waals surface area contributed by atoms with Crippen LogP contribution < -0.4 is 0 Å². The smallest absolute Gasteiger partial charge is 0.331 e. The Bertz CT molecular complexity index is 861. The molecule has 3 heterocycles. The van der Waals surface area contributed by atoms with Gasteiger partial charge in [-0.1, -0.05) is 39.8 Å². The molecule has 3 rings (SSSR count). The molecule has 3 N–H and O–H groups in total. The molecule has 0 saturated carbocycles. The number of fused-ring (bicyclic) bond motifs is 4. The highest BCUT2D eigenvalue weighted by atomic mass is 16.7. The average Bonchev–Trinajstić information content (AvgIpc) is 3.17. The van der Waals surface area contributed by atoms with Crippen LogP contribution in [0.4, 0.5) is 0 Å². The number of carbonyl (C=O) groups excluding carboxylic acids is 2. The topological polar surface area (TPSA) is 123 Å². The highest BCUT2D eigenvalue weighted by Gasteiger charge is 2.62. The van der Waals surface area contributed by atoms with Gasteiger partial charge in [0, 0.05) is 23.3 Å². The van der Waals surface area contributed by atoms with Gasteiger partial charge >= 0.3 is 5.97 Å². The maximum absolute atomic E-state index is 13.2. The molecule has 0 amide bonds. The van der Waals surface area contributed by atoms with Crippen molar-refractivity contribution in [2.24, 2.45) is 17.3 Å². The summed E-state index contributed by atoms with van der Waals surface area (Å²) in [6.45, 7) is 12.4. The van der Waals surface area contributed by atoms with Gasteiger partial charge in [0.05, 0.1) is 17.8 Å². The number of esters is 1. The van der Waals surface area contributed by atoms with Gasteiger partial charge in [0.15, 0.2) is 11.9 Å². The Morgan fingerprint density at radius 1 is 1.26 bits per heavy atom. The van der Waals surface area contributed by atoms with Crippen LogP contribution in [0.2, 0.25) is 0 Å². The Labute approximate surface area is 202 Å². The first-order chi connectivity index (χ1) is 15.6. The molecular formula is C26H40O8. The number of ketones is 1. The van der Waals surface area contributed by atoms with Gasteiger partial charge in [0.1, 0.15) is 12.2 Å². The molecule has 0 aromatic heterocycles. The number of hydrogen-bond acceptors (Lipinski definition) is 8. The van der Waals surface area contributed by atoms with Crippen LogP contribution >= 0.6 is 0 Å². The van der Waals surface area contributed by atoms with Crippen LogP contribution in [0.25, 0.3) is 0 Å². The van der Waals surface area contributed by atoms with E-state index in [1.54, 1.807) is 27.7 Å². The third-order valence-corrected chi connectivity index (χ3v) is 7.78. The van der Waals surface area contributed by atoms with Crippen molar-refractivity contribution in [3.63, 3.8) is 0 Å². The minimum absolute atomic E-state index is 0.210. The predicted octanol–water partition coefficient (Wildman–Crippen LogP) is 2.44. The van der Waals surface area contributed by atoms with Crippen LogP contribution in [0.1, 0.15) is 67.7 Å². The summed E-state index contributed by atoms with van der Waals surface area (Å²) in [4.78, 5) is 25.9. The molecule has 0 aromatic carbocycles. The summed E-state index contributed by atoms with van der Waals surface area (Å²) >= 11 is 0. The molecule has 4 bridgehead atoms. The number of hydrogen-bond donors (Lipinski definition) is 3. The minimum Gasteiger partial charge on any atom is -0.453 e. The molecule has 0 aromatic rings. The van der Waals surface area contributed by atoms with Gasteiger partial charge in [0.25, 0.3) is 0 Å². The monoisotopic (exact) mass is 480 g/mol. The number of rotatable bonds is 3. The fraction of sp³-hybridized carbons (Fsp3) is 0.769. The Morgan fingerprint density at radius 2 is 1.91 bits per heavy atom. The van der Waals surface area contributed by atoms with Crippen molar-refractivity contribution >= 4 is 11.8 Å². The highest BCUT2D eigenvalue weighted by molar-refractivity contribution is 5.87. The zero-order valence-electron chi connectivity index (χ0n) is 21.3. The highest BCUT2D eigenvalue weighted by Crippen LogP contribution is 2.48. The van der Waals surface area contributed by atoms with E-state index in [0.717, 1.165) is 6.08 Å². The van der Waals surface area contributed by atoms with E-state index in [9.17, 15) is 24.9 Å². The van der Waals surface area contributed by atoms with Gasteiger partial charge in [-0.05, 0) is 45.6 Å². The van der Waals surface area contributed by atoms with Crippen molar-refractivity contribution in [2.45, 2.75) is 110 Å². The normalized spacial score (nSPS) is 44.5. The van der Waals surface area contributed by atoms with Crippen molar-refractivity contribution in [1.82, 2.24) is 0 Å². The van der Waals surface area contributed by atoms with Crippen LogP contribution in [-0.4, -0.2) is 69.0 Å². The molecule has 8 nitrogen and oxygen atoms in total. The fourth-order valence-corrected chi connectivity index (χ4v) is 5.18. The van der Waals surface area contributed by atoms with E-state index in [1.807, 2.05) is 26.0 Å². The van der Waals surface area contributed by atoms with Crippen LogP contribution in [0.15, 0.2) is 23.8 Å². The van der Waals surface area contributed by atoms with Crippen molar-refractivity contribution in [1.29, 1.82) is 0 Å². The molecule has 9 atom stereocenters. The van der Waals surface area contributed by atoms with Crippen molar-refractivity contribution in [3.8, 4) is 0 Å². The summed E-state index contributed by atoms with van der Waals surface area (Å²) < 4.78 is 17.9. The lowest BCUT2D eigenvalue weighted by Crippen LogP contribution is -2.68. The largest absolute Gasteiger partial charge is 0.453 e. The Balaban J connectivity index is 2.04. The van der Waals surface area contributed by atoms with E-state index in [2.05, 4.69) is 0 Å². The second kappa shape index (κ2) is 9.47. The molecule has 0 aliphatic carbocycles. The predicted molar refractivity (Wildman–Crippen MR) is 125 cm³/mol. The molecule has 192 valence electrons. The van der Waals surface area contributed by atoms with Crippen LogP contribution in [0.3, 0.4) is 0 Å². The Kier molecular flexibility index (Phi) is 7.52. The van der Waals surface area contributed by atoms with E-state index in [4.69, 9.17) is 14.2 Å². The number of Topliss-reactive ketones (excluding diaryl/α,β-unsaturated/α-hetero) is 1. The lowest BCUT2D eigenvalue weighted by atomic mass is 9.78. The molecule has 2 fully saturated rings. The summed E-state index contributed by atoms with van der Waals surface area (Å²) in [6, 6.07) is 0. The van der Waals surface area contributed by atoms with Gasteiger partial charge in [-0.3, -0.25) is 4.79 Å². The number of carbonyl (C=O) groups is 2. The van der Waals surface area contributed by atoms with E-state index in [0.29, 0.717) is 18.4 Å². The maximum Gasteiger partial charge on any atom is 0.331 e. The standard InChI is InChI=1S/C26H40O8/c1-14-8-10-24(5,6)19-9-11-25(7,34-19)23(30)26(31)22(16(3)12-18(33-26)21(14)29)32-20(28)13-15(2)17(4)27/h8,10,13-14,16-19,22-23,27,30-31H,9,11-12H2,1-7H3/b10-8+,15-13+/t14-,16+,17?,18+,19+,22+,23-,25-,26-/m0/s1. The van der Waals surface area contributed by atoms with Crippen molar-refractivity contribution in [2.75, 3.05) is 0 Å². The second-order valence-electron chi connectivity index (χ2n) is 11.2. The van der Waals surface area contributed by atoms with Gasteiger partial charge < -0.3 is 29.5 Å². The quantitative estimate of drug-likeness (QED) is 0.320. The lowest BCUT2D eigenvalue weighted by molar-refractivity contribution is -0.363. The molecule has 3 aliphatic heterocycles. The molecule has 0 radical (unpaired) electrons. The zero-order valence-corrected chi connectivity index (χ0v) is 21.3. The van der Waals surface area contributed by atoms with E-state index in [-0.39, 0.29) is 18.3 Å². The number of aliphatic hydroxyl groups excluding tert-OH is 2. The Hall–Kier alpha value is -1.58. The molecule has 1 unspecified atom stereocenters. The van der Waals surface area contributed by atoms with Gasteiger partial charge in [-0.2, -0.15) is 0 Å². The first kappa shape index (κ1) is 27.0. The first-order valence-corrected chi connectivity index (χ1v) is 12.2. The van der Waals surface area contributed by atoms with E-state index in [1.165, 1.54) is 6.92 Å². The first-order valence-electron chi connectivity index (χ1n) is 12.2.